The number of phenolic OH excluding ortho intramolecular Hbond substituents is 1. The fourth-order valence-corrected chi connectivity index (χ4v) is 2.81. The first-order valence-corrected chi connectivity index (χ1v) is 6.51. The molecule has 19 heavy (non-hydrogen) atoms. The first-order valence-electron chi connectivity index (χ1n) is 6.13. The molecule has 1 fully saturated rings. The lowest BCUT2D eigenvalue weighted by atomic mass is 9.76. The molecule has 1 aliphatic rings. The van der Waals surface area contributed by atoms with E-state index in [1.54, 1.807) is 0 Å². The van der Waals surface area contributed by atoms with Gasteiger partial charge >= 0.3 is 6.18 Å². The molecule has 0 bridgehead atoms. The first kappa shape index (κ1) is 14.5. The van der Waals surface area contributed by atoms with Crippen molar-refractivity contribution in [2.24, 2.45) is 5.73 Å². The third kappa shape index (κ3) is 2.82. The lowest BCUT2D eigenvalue weighted by Gasteiger charge is -2.35. The summed E-state index contributed by atoms with van der Waals surface area (Å²) in [7, 11) is 0. The highest BCUT2D eigenvalue weighted by molar-refractivity contribution is 6.32. The molecule has 1 aromatic rings. The predicted molar refractivity (Wildman–Crippen MR) is 67.1 cm³/mol. The Morgan fingerprint density at radius 2 is 1.74 bits per heavy atom. The van der Waals surface area contributed by atoms with Gasteiger partial charge in [0.1, 0.15) is 5.75 Å². The lowest BCUT2D eigenvalue weighted by Crippen LogP contribution is -2.38. The van der Waals surface area contributed by atoms with Crippen LogP contribution >= 0.6 is 11.6 Å². The zero-order valence-electron chi connectivity index (χ0n) is 10.2. The van der Waals surface area contributed by atoms with Gasteiger partial charge in [-0.05, 0) is 25.0 Å². The van der Waals surface area contributed by atoms with E-state index in [1.807, 2.05) is 0 Å². The molecule has 0 heterocycles. The smallest absolute Gasteiger partial charge is 0.416 e. The number of alkyl halides is 3. The van der Waals surface area contributed by atoms with E-state index in [9.17, 15) is 18.3 Å². The second kappa shape index (κ2) is 4.87. The summed E-state index contributed by atoms with van der Waals surface area (Å²) in [4.78, 5) is 0. The van der Waals surface area contributed by atoms with Crippen molar-refractivity contribution < 1.29 is 18.3 Å². The van der Waals surface area contributed by atoms with Crippen molar-refractivity contribution in [1.29, 1.82) is 0 Å². The summed E-state index contributed by atoms with van der Waals surface area (Å²) < 4.78 is 38.4. The van der Waals surface area contributed by atoms with Gasteiger partial charge in [0, 0.05) is 11.1 Å². The van der Waals surface area contributed by atoms with Crippen molar-refractivity contribution in [2.75, 3.05) is 0 Å². The number of hydrogen-bond donors (Lipinski definition) is 2. The summed E-state index contributed by atoms with van der Waals surface area (Å²) in [5, 5.41) is 9.62. The van der Waals surface area contributed by atoms with Crippen LogP contribution in [0.25, 0.3) is 0 Å². The van der Waals surface area contributed by atoms with E-state index < -0.39 is 17.3 Å². The van der Waals surface area contributed by atoms with Crippen LogP contribution in [0.1, 0.15) is 43.2 Å². The number of rotatable bonds is 1. The summed E-state index contributed by atoms with van der Waals surface area (Å²) in [6.07, 6.45) is -0.715. The highest BCUT2D eigenvalue weighted by Crippen LogP contribution is 2.44. The minimum atomic E-state index is -4.50. The van der Waals surface area contributed by atoms with Crippen molar-refractivity contribution in [3.05, 3.63) is 28.3 Å². The number of nitrogens with two attached hydrogens (primary N) is 1. The fourth-order valence-electron chi connectivity index (χ4n) is 2.59. The Balaban J connectivity index is 2.52. The fraction of sp³-hybridized carbons (Fsp3) is 0.538. The Morgan fingerprint density at radius 1 is 1.16 bits per heavy atom. The van der Waals surface area contributed by atoms with Crippen LogP contribution in [0.4, 0.5) is 13.2 Å². The maximum Gasteiger partial charge on any atom is 0.416 e. The minimum absolute atomic E-state index is 0.104. The summed E-state index contributed by atoms with van der Waals surface area (Å²) in [5.74, 6) is -0.334. The molecule has 1 saturated carbocycles. The van der Waals surface area contributed by atoms with Crippen molar-refractivity contribution in [3.8, 4) is 5.75 Å². The number of benzene rings is 1. The van der Waals surface area contributed by atoms with Crippen LogP contribution in [-0.4, -0.2) is 5.11 Å². The third-order valence-electron chi connectivity index (χ3n) is 3.67. The van der Waals surface area contributed by atoms with Crippen molar-refractivity contribution in [1.82, 2.24) is 0 Å². The monoisotopic (exact) mass is 293 g/mol. The van der Waals surface area contributed by atoms with Crippen LogP contribution in [-0.2, 0) is 11.7 Å². The number of hydrogen-bond acceptors (Lipinski definition) is 2. The predicted octanol–water partition coefficient (Wildman–Crippen LogP) is 4.18. The van der Waals surface area contributed by atoms with E-state index in [0.29, 0.717) is 12.8 Å². The van der Waals surface area contributed by atoms with Gasteiger partial charge in [-0.25, -0.2) is 0 Å². The molecule has 2 rings (SSSR count). The van der Waals surface area contributed by atoms with Gasteiger partial charge in [0.05, 0.1) is 10.6 Å². The van der Waals surface area contributed by atoms with Gasteiger partial charge in [0.2, 0.25) is 0 Å². The maximum atomic E-state index is 12.8. The number of aromatic hydroxyl groups is 1. The third-order valence-corrected chi connectivity index (χ3v) is 3.96. The molecular weight excluding hydrogens is 279 g/mol. The van der Waals surface area contributed by atoms with Gasteiger partial charge in [-0.15, -0.1) is 0 Å². The molecule has 0 aromatic heterocycles. The van der Waals surface area contributed by atoms with Crippen LogP contribution in [0.3, 0.4) is 0 Å². The Kier molecular flexibility index (Phi) is 3.71. The second-order valence-corrected chi connectivity index (χ2v) is 5.48. The van der Waals surface area contributed by atoms with E-state index in [-0.39, 0.29) is 16.3 Å². The average Bonchev–Trinajstić information content (AvgIpc) is 2.31. The van der Waals surface area contributed by atoms with Crippen molar-refractivity contribution in [2.45, 2.75) is 43.8 Å². The number of phenols is 1. The van der Waals surface area contributed by atoms with Gasteiger partial charge < -0.3 is 10.8 Å². The average molecular weight is 294 g/mol. The van der Waals surface area contributed by atoms with Gasteiger partial charge in [0.15, 0.2) is 0 Å². The van der Waals surface area contributed by atoms with Crippen LogP contribution in [0.2, 0.25) is 5.02 Å². The lowest BCUT2D eigenvalue weighted by molar-refractivity contribution is -0.137. The topological polar surface area (TPSA) is 46.2 Å². The van der Waals surface area contributed by atoms with E-state index in [1.165, 1.54) is 0 Å². The standard InChI is InChI=1S/C13H15ClF3NO/c14-10-7-8(13(15,16)17)6-9(11(10)19)12(18)4-2-1-3-5-12/h6-7,19H,1-5,18H2. The summed E-state index contributed by atoms with van der Waals surface area (Å²) in [5.41, 5.74) is 4.48. The second-order valence-electron chi connectivity index (χ2n) is 5.07. The molecule has 0 spiro atoms. The molecule has 3 N–H and O–H groups in total. The molecule has 6 heteroatoms. The van der Waals surface area contributed by atoms with E-state index in [0.717, 1.165) is 31.4 Å². The van der Waals surface area contributed by atoms with E-state index in [4.69, 9.17) is 17.3 Å². The molecule has 0 atom stereocenters. The van der Waals surface area contributed by atoms with Gasteiger partial charge in [-0.2, -0.15) is 13.2 Å². The zero-order chi connectivity index (χ0) is 14.3. The van der Waals surface area contributed by atoms with Crippen molar-refractivity contribution >= 4 is 11.6 Å². The summed E-state index contributed by atoms with van der Waals surface area (Å²) in [6, 6.07) is 1.65. The Labute approximate surface area is 114 Å². The summed E-state index contributed by atoms with van der Waals surface area (Å²) >= 11 is 5.70. The van der Waals surface area contributed by atoms with Gasteiger partial charge in [-0.1, -0.05) is 30.9 Å². The first-order chi connectivity index (χ1) is 8.74. The number of halogens is 4. The highest BCUT2D eigenvalue weighted by Gasteiger charge is 2.37. The van der Waals surface area contributed by atoms with Crippen LogP contribution < -0.4 is 5.73 Å². The molecule has 0 amide bonds. The SMILES string of the molecule is NC1(c2cc(C(F)(F)F)cc(Cl)c2O)CCCCC1. The quantitative estimate of drug-likeness (QED) is 0.816. The van der Waals surface area contributed by atoms with Crippen molar-refractivity contribution in [3.63, 3.8) is 0 Å². The molecule has 0 aliphatic heterocycles. The molecule has 0 unspecified atom stereocenters. The van der Waals surface area contributed by atoms with Crippen LogP contribution in [0.15, 0.2) is 12.1 Å². The minimum Gasteiger partial charge on any atom is -0.506 e. The molecule has 1 aromatic carbocycles. The molecule has 0 radical (unpaired) electrons. The van der Waals surface area contributed by atoms with Crippen LogP contribution in [0.5, 0.6) is 5.75 Å². The molecule has 0 saturated heterocycles. The van der Waals surface area contributed by atoms with Gasteiger partial charge in [-0.3, -0.25) is 0 Å². The normalized spacial score (nSPS) is 19.4. The highest BCUT2D eigenvalue weighted by atomic mass is 35.5. The molecular formula is C13H15ClF3NO. The van der Waals surface area contributed by atoms with Crippen LogP contribution in [0, 0.1) is 0 Å². The Hall–Kier alpha value is -0.940. The largest absolute Gasteiger partial charge is 0.506 e. The van der Waals surface area contributed by atoms with Gasteiger partial charge in [0.25, 0.3) is 0 Å². The molecule has 1 aliphatic carbocycles. The Bertz CT molecular complexity index is 482. The zero-order valence-corrected chi connectivity index (χ0v) is 11.0. The van der Waals surface area contributed by atoms with E-state index >= 15 is 0 Å². The van der Waals surface area contributed by atoms with E-state index in [2.05, 4.69) is 0 Å². The molecule has 106 valence electrons. The molecule has 2 nitrogen and oxygen atoms in total. The maximum absolute atomic E-state index is 12.8. The Morgan fingerprint density at radius 3 is 2.26 bits per heavy atom. The summed E-state index contributed by atoms with van der Waals surface area (Å²) in [6.45, 7) is 0.